The second-order valence-electron chi connectivity index (χ2n) is 5.00. The lowest BCUT2D eigenvalue weighted by atomic mass is 10.2. The van der Waals surface area contributed by atoms with Gasteiger partial charge in [0.2, 0.25) is 0 Å². The highest BCUT2D eigenvalue weighted by Crippen LogP contribution is 2.18. The van der Waals surface area contributed by atoms with Crippen LogP contribution in [0.15, 0.2) is 15.5 Å². The van der Waals surface area contributed by atoms with Crippen LogP contribution in [0, 0.1) is 6.92 Å². The molecule has 0 radical (unpaired) electrons. The zero-order chi connectivity index (χ0) is 14.5. The summed E-state index contributed by atoms with van der Waals surface area (Å²) in [5, 5.41) is 3.20. The minimum Gasteiger partial charge on any atom is -0.465 e. The molecule has 0 bridgehead atoms. The number of guanidine groups is 1. The number of esters is 1. The first-order chi connectivity index (χ1) is 9.60. The summed E-state index contributed by atoms with van der Waals surface area (Å²) in [6.45, 7) is 2.03. The third kappa shape index (κ3) is 3.53. The van der Waals surface area contributed by atoms with Crippen molar-refractivity contribution in [2.24, 2.45) is 10.7 Å². The van der Waals surface area contributed by atoms with Crippen LogP contribution in [-0.2, 0) is 11.3 Å². The molecule has 1 saturated carbocycles. The molecular formula is C14H21N3O3. The van der Waals surface area contributed by atoms with Gasteiger partial charge in [-0.1, -0.05) is 12.8 Å². The Morgan fingerprint density at radius 2 is 2.25 bits per heavy atom. The van der Waals surface area contributed by atoms with Crippen LogP contribution in [0.25, 0.3) is 0 Å². The lowest BCUT2D eigenvalue weighted by Crippen LogP contribution is -2.38. The Balaban J connectivity index is 1.94. The van der Waals surface area contributed by atoms with E-state index >= 15 is 0 Å². The molecule has 3 N–H and O–H groups in total. The van der Waals surface area contributed by atoms with Crippen molar-refractivity contribution in [3.63, 3.8) is 0 Å². The van der Waals surface area contributed by atoms with Gasteiger partial charge in [-0.2, -0.15) is 0 Å². The summed E-state index contributed by atoms with van der Waals surface area (Å²) in [4.78, 5) is 15.7. The zero-order valence-electron chi connectivity index (χ0n) is 11.9. The smallest absolute Gasteiger partial charge is 0.341 e. The van der Waals surface area contributed by atoms with Crippen LogP contribution in [0.4, 0.5) is 0 Å². The van der Waals surface area contributed by atoms with Gasteiger partial charge in [-0.25, -0.2) is 9.79 Å². The lowest BCUT2D eigenvalue weighted by Gasteiger charge is -2.11. The van der Waals surface area contributed by atoms with E-state index in [-0.39, 0.29) is 0 Å². The maximum Gasteiger partial charge on any atom is 0.341 e. The summed E-state index contributed by atoms with van der Waals surface area (Å²) >= 11 is 0. The van der Waals surface area contributed by atoms with E-state index in [0.29, 0.717) is 35.6 Å². The van der Waals surface area contributed by atoms with Crippen LogP contribution in [0.2, 0.25) is 0 Å². The van der Waals surface area contributed by atoms with Crippen molar-refractivity contribution in [3.05, 3.63) is 23.2 Å². The molecule has 0 aliphatic heterocycles. The van der Waals surface area contributed by atoms with Gasteiger partial charge in [-0.15, -0.1) is 0 Å². The first kappa shape index (κ1) is 14.4. The van der Waals surface area contributed by atoms with Gasteiger partial charge in [-0.05, 0) is 25.8 Å². The number of carbonyl (C=O) groups is 1. The molecule has 0 aromatic carbocycles. The topological polar surface area (TPSA) is 89.8 Å². The van der Waals surface area contributed by atoms with E-state index in [9.17, 15) is 4.79 Å². The van der Waals surface area contributed by atoms with Gasteiger partial charge in [0.05, 0.1) is 7.11 Å². The fourth-order valence-electron chi connectivity index (χ4n) is 2.42. The highest BCUT2D eigenvalue weighted by atomic mass is 16.5. The van der Waals surface area contributed by atoms with Crippen molar-refractivity contribution < 1.29 is 13.9 Å². The number of aryl methyl sites for hydroxylation is 1. The molecule has 2 rings (SSSR count). The number of furan rings is 1. The molecule has 0 saturated heterocycles. The van der Waals surface area contributed by atoms with E-state index in [0.717, 1.165) is 12.8 Å². The van der Waals surface area contributed by atoms with Crippen molar-refractivity contribution in [3.8, 4) is 0 Å². The van der Waals surface area contributed by atoms with E-state index in [1.165, 1.54) is 20.0 Å². The predicted molar refractivity (Wildman–Crippen MR) is 75.5 cm³/mol. The number of nitrogens with two attached hydrogens (primary N) is 1. The van der Waals surface area contributed by atoms with Crippen LogP contribution < -0.4 is 11.1 Å². The van der Waals surface area contributed by atoms with Gasteiger partial charge < -0.3 is 20.2 Å². The standard InChI is InChI=1S/C14H21N3O3/c1-9-12(13(18)19-2)7-11(20-9)8-16-14(15)17-10-5-3-4-6-10/h7,10H,3-6,8H2,1-2H3,(H3,15,16,17). The predicted octanol–water partition coefficient (Wildman–Crippen LogP) is 1.72. The Hall–Kier alpha value is -1.98. The largest absolute Gasteiger partial charge is 0.465 e. The van der Waals surface area contributed by atoms with Crippen molar-refractivity contribution >= 4 is 11.9 Å². The summed E-state index contributed by atoms with van der Waals surface area (Å²) in [6.07, 6.45) is 4.76. The Bertz CT molecular complexity index is 502. The summed E-state index contributed by atoms with van der Waals surface area (Å²) in [5.74, 6) is 1.15. The number of nitrogens with one attached hydrogen (secondary N) is 1. The lowest BCUT2D eigenvalue weighted by molar-refractivity contribution is 0.0599. The Labute approximate surface area is 118 Å². The SMILES string of the molecule is COC(=O)c1cc(CN=C(N)NC2CCCC2)oc1C. The van der Waals surface area contributed by atoms with E-state index in [1.807, 2.05) is 0 Å². The summed E-state index contributed by atoms with van der Waals surface area (Å²) < 4.78 is 10.1. The van der Waals surface area contributed by atoms with Gasteiger partial charge in [0.25, 0.3) is 0 Å². The monoisotopic (exact) mass is 279 g/mol. The molecule has 1 fully saturated rings. The van der Waals surface area contributed by atoms with Crippen LogP contribution >= 0.6 is 0 Å². The highest BCUT2D eigenvalue weighted by molar-refractivity contribution is 5.90. The first-order valence-corrected chi connectivity index (χ1v) is 6.84. The number of ether oxygens (including phenoxy) is 1. The zero-order valence-corrected chi connectivity index (χ0v) is 11.9. The van der Waals surface area contributed by atoms with Gasteiger partial charge in [-0.3, -0.25) is 0 Å². The number of methoxy groups -OCH3 is 1. The summed E-state index contributed by atoms with van der Waals surface area (Å²) in [6, 6.07) is 2.08. The number of aliphatic imine (C=N–C) groups is 1. The summed E-state index contributed by atoms with van der Waals surface area (Å²) in [7, 11) is 1.34. The molecule has 0 spiro atoms. The van der Waals surface area contributed by atoms with Crippen molar-refractivity contribution in [1.82, 2.24) is 5.32 Å². The fourth-order valence-corrected chi connectivity index (χ4v) is 2.42. The number of hydrogen-bond donors (Lipinski definition) is 2. The second-order valence-corrected chi connectivity index (χ2v) is 5.00. The average molecular weight is 279 g/mol. The Morgan fingerprint density at radius 3 is 2.90 bits per heavy atom. The molecule has 110 valence electrons. The van der Waals surface area contributed by atoms with Crippen molar-refractivity contribution in [2.75, 3.05) is 7.11 Å². The first-order valence-electron chi connectivity index (χ1n) is 6.84. The van der Waals surface area contributed by atoms with E-state index < -0.39 is 5.97 Å². The molecule has 1 aromatic rings. The van der Waals surface area contributed by atoms with Crippen LogP contribution in [0.3, 0.4) is 0 Å². The minimum atomic E-state index is -0.404. The molecule has 0 amide bonds. The third-order valence-electron chi connectivity index (χ3n) is 3.49. The molecular weight excluding hydrogens is 258 g/mol. The molecule has 0 unspecified atom stereocenters. The van der Waals surface area contributed by atoms with Crippen LogP contribution in [0.5, 0.6) is 0 Å². The normalized spacial score (nSPS) is 16.4. The number of rotatable bonds is 4. The maximum atomic E-state index is 11.5. The van der Waals surface area contributed by atoms with E-state index in [2.05, 4.69) is 15.0 Å². The van der Waals surface area contributed by atoms with Crippen LogP contribution in [-0.4, -0.2) is 25.1 Å². The molecule has 1 heterocycles. The molecule has 1 aliphatic rings. The molecule has 6 nitrogen and oxygen atoms in total. The molecule has 20 heavy (non-hydrogen) atoms. The maximum absolute atomic E-state index is 11.5. The second kappa shape index (κ2) is 6.45. The van der Waals surface area contributed by atoms with E-state index in [1.54, 1.807) is 13.0 Å². The Kier molecular flexibility index (Phi) is 4.65. The molecule has 1 aliphatic carbocycles. The highest BCUT2D eigenvalue weighted by Gasteiger charge is 2.16. The third-order valence-corrected chi connectivity index (χ3v) is 3.49. The van der Waals surface area contributed by atoms with Crippen molar-refractivity contribution in [2.45, 2.75) is 45.2 Å². The summed E-state index contributed by atoms with van der Waals surface area (Å²) in [5.41, 5.74) is 6.27. The fraction of sp³-hybridized carbons (Fsp3) is 0.571. The number of carbonyl (C=O) groups excluding carboxylic acids is 1. The average Bonchev–Trinajstić information content (AvgIpc) is 3.05. The van der Waals surface area contributed by atoms with Gasteiger partial charge >= 0.3 is 5.97 Å². The van der Waals surface area contributed by atoms with E-state index in [4.69, 9.17) is 10.2 Å². The van der Waals surface area contributed by atoms with Gasteiger partial charge in [0.1, 0.15) is 23.6 Å². The van der Waals surface area contributed by atoms with Gasteiger partial charge in [0.15, 0.2) is 5.96 Å². The molecule has 6 heteroatoms. The van der Waals surface area contributed by atoms with Crippen LogP contribution in [0.1, 0.15) is 47.6 Å². The Morgan fingerprint density at radius 1 is 1.55 bits per heavy atom. The molecule has 0 atom stereocenters. The van der Waals surface area contributed by atoms with Crippen molar-refractivity contribution in [1.29, 1.82) is 0 Å². The molecule has 1 aromatic heterocycles. The van der Waals surface area contributed by atoms with Gasteiger partial charge in [0, 0.05) is 6.04 Å². The number of nitrogens with zero attached hydrogens (tertiary/aromatic N) is 1. The quantitative estimate of drug-likeness (QED) is 0.497. The number of hydrogen-bond acceptors (Lipinski definition) is 4. The minimum absolute atomic E-state index is 0.309.